The van der Waals surface area contributed by atoms with Crippen molar-refractivity contribution in [3.8, 4) is 0 Å². The van der Waals surface area contributed by atoms with Gasteiger partial charge in [-0.15, -0.1) is 0 Å². The van der Waals surface area contributed by atoms with Crippen LogP contribution in [-0.4, -0.2) is 41.6 Å². The quantitative estimate of drug-likeness (QED) is 0.728. The Morgan fingerprint density at radius 3 is 2.37 bits per heavy atom. The predicted octanol–water partition coefficient (Wildman–Crippen LogP) is 2.46. The van der Waals surface area contributed by atoms with E-state index < -0.39 is 5.97 Å². The third-order valence-corrected chi connectivity index (χ3v) is 3.85. The molecule has 1 aliphatic rings. The lowest BCUT2D eigenvalue weighted by Crippen LogP contribution is -2.45. The maximum absolute atomic E-state index is 11.9. The molecule has 0 heterocycles. The summed E-state index contributed by atoms with van der Waals surface area (Å²) in [6.45, 7) is 2.92. The second-order valence-electron chi connectivity index (χ2n) is 5.46. The fourth-order valence-corrected chi connectivity index (χ4v) is 2.47. The fraction of sp³-hybridized carbons (Fsp3) is 0.857. The zero-order valence-electron chi connectivity index (χ0n) is 12.0. The van der Waals surface area contributed by atoms with Crippen LogP contribution in [0, 0.1) is 5.92 Å². The summed E-state index contributed by atoms with van der Waals surface area (Å²) < 4.78 is 0. The third-order valence-electron chi connectivity index (χ3n) is 3.85. The van der Waals surface area contributed by atoms with E-state index in [2.05, 4.69) is 12.2 Å². The Labute approximate surface area is 115 Å². The average Bonchev–Trinajstić information content (AvgIpc) is 2.39. The highest BCUT2D eigenvalue weighted by molar-refractivity contribution is 5.74. The molecule has 5 heteroatoms. The normalized spacial score (nSPS) is 22.8. The van der Waals surface area contributed by atoms with Crippen LogP contribution in [0.25, 0.3) is 0 Å². The van der Waals surface area contributed by atoms with Crippen LogP contribution >= 0.6 is 0 Å². The predicted molar refractivity (Wildman–Crippen MR) is 74.1 cm³/mol. The zero-order valence-corrected chi connectivity index (χ0v) is 12.0. The molecule has 1 aliphatic carbocycles. The number of hydrogen-bond donors (Lipinski definition) is 2. The monoisotopic (exact) mass is 270 g/mol. The molecule has 110 valence electrons. The van der Waals surface area contributed by atoms with Crippen LogP contribution in [0.15, 0.2) is 0 Å². The van der Waals surface area contributed by atoms with Crippen molar-refractivity contribution in [3.05, 3.63) is 0 Å². The first-order valence-electron chi connectivity index (χ1n) is 7.29. The van der Waals surface area contributed by atoms with E-state index >= 15 is 0 Å². The molecular weight excluding hydrogens is 244 g/mol. The molecule has 0 atom stereocenters. The number of aliphatic carboxylic acids is 1. The van der Waals surface area contributed by atoms with Crippen LogP contribution < -0.4 is 5.32 Å². The number of rotatable bonds is 6. The molecule has 1 rings (SSSR count). The molecule has 19 heavy (non-hydrogen) atoms. The summed E-state index contributed by atoms with van der Waals surface area (Å²) in [5, 5.41) is 11.9. The van der Waals surface area contributed by atoms with Gasteiger partial charge in [-0.25, -0.2) is 4.79 Å². The topological polar surface area (TPSA) is 69.6 Å². The highest BCUT2D eigenvalue weighted by Crippen LogP contribution is 2.24. The molecule has 5 nitrogen and oxygen atoms in total. The van der Waals surface area contributed by atoms with Gasteiger partial charge in [0.25, 0.3) is 0 Å². The van der Waals surface area contributed by atoms with Gasteiger partial charge in [0.05, 0.1) is 5.92 Å². The Morgan fingerprint density at radius 2 is 1.84 bits per heavy atom. The van der Waals surface area contributed by atoms with Gasteiger partial charge in [0.15, 0.2) is 0 Å². The van der Waals surface area contributed by atoms with Gasteiger partial charge in [0, 0.05) is 19.6 Å². The minimum absolute atomic E-state index is 0.0325. The number of carboxylic acids is 1. The molecule has 0 aromatic carbocycles. The van der Waals surface area contributed by atoms with Crippen molar-refractivity contribution in [1.29, 1.82) is 0 Å². The molecule has 0 aliphatic heterocycles. The average molecular weight is 270 g/mol. The van der Waals surface area contributed by atoms with Gasteiger partial charge in [0.2, 0.25) is 0 Å². The molecule has 2 N–H and O–H groups in total. The summed E-state index contributed by atoms with van der Waals surface area (Å²) in [6.07, 6.45) is 6.19. The molecule has 0 saturated heterocycles. The lowest BCUT2D eigenvalue weighted by Gasteiger charge is -2.28. The summed E-state index contributed by atoms with van der Waals surface area (Å²) in [5.41, 5.74) is 0. The molecule has 0 radical (unpaired) electrons. The van der Waals surface area contributed by atoms with E-state index in [0.29, 0.717) is 12.8 Å². The van der Waals surface area contributed by atoms with E-state index in [9.17, 15) is 9.59 Å². The molecule has 0 spiro atoms. The summed E-state index contributed by atoms with van der Waals surface area (Å²) in [4.78, 5) is 24.5. The minimum atomic E-state index is -0.707. The third kappa shape index (κ3) is 5.49. The van der Waals surface area contributed by atoms with Gasteiger partial charge in [-0.3, -0.25) is 4.79 Å². The highest BCUT2D eigenvalue weighted by Gasteiger charge is 2.27. The lowest BCUT2D eigenvalue weighted by molar-refractivity contribution is -0.142. The maximum atomic E-state index is 11.9. The van der Waals surface area contributed by atoms with Crippen LogP contribution in [-0.2, 0) is 4.79 Å². The summed E-state index contributed by atoms with van der Waals surface area (Å²) in [7, 11) is 1.81. The number of carboxylic acid groups (broad SMARTS) is 1. The van der Waals surface area contributed by atoms with Gasteiger partial charge < -0.3 is 15.3 Å². The Balaban J connectivity index is 2.24. The van der Waals surface area contributed by atoms with Crippen molar-refractivity contribution in [2.75, 3.05) is 13.6 Å². The molecule has 0 aromatic rings. The van der Waals surface area contributed by atoms with Gasteiger partial charge >= 0.3 is 12.0 Å². The van der Waals surface area contributed by atoms with Gasteiger partial charge in [0.1, 0.15) is 0 Å². The van der Waals surface area contributed by atoms with Crippen LogP contribution in [0.2, 0.25) is 0 Å². The van der Waals surface area contributed by atoms with Crippen LogP contribution in [0.1, 0.15) is 51.9 Å². The Hall–Kier alpha value is -1.26. The Kier molecular flexibility index (Phi) is 6.67. The van der Waals surface area contributed by atoms with Crippen molar-refractivity contribution < 1.29 is 14.7 Å². The molecule has 1 fully saturated rings. The van der Waals surface area contributed by atoms with E-state index in [-0.39, 0.29) is 18.0 Å². The Bertz CT molecular complexity index is 299. The minimum Gasteiger partial charge on any atom is -0.481 e. The van der Waals surface area contributed by atoms with Crippen LogP contribution in [0.4, 0.5) is 4.79 Å². The standard InChI is InChI=1S/C14H26N2O3/c1-3-4-5-10-16(2)14(19)15-12-8-6-11(7-9-12)13(17)18/h11-12H,3-10H2,1-2H3,(H,15,19)(H,17,18). The smallest absolute Gasteiger partial charge is 0.317 e. The highest BCUT2D eigenvalue weighted by atomic mass is 16.4. The first kappa shape index (κ1) is 15.8. The number of amides is 2. The number of nitrogens with zero attached hydrogens (tertiary/aromatic N) is 1. The van der Waals surface area contributed by atoms with Crippen molar-refractivity contribution in [1.82, 2.24) is 10.2 Å². The number of carbonyl (C=O) groups excluding carboxylic acids is 1. The van der Waals surface area contributed by atoms with E-state index in [1.807, 2.05) is 7.05 Å². The molecular formula is C14H26N2O3. The zero-order chi connectivity index (χ0) is 14.3. The van der Waals surface area contributed by atoms with Crippen molar-refractivity contribution in [3.63, 3.8) is 0 Å². The van der Waals surface area contributed by atoms with Gasteiger partial charge in [-0.2, -0.15) is 0 Å². The van der Waals surface area contributed by atoms with Crippen molar-refractivity contribution in [2.45, 2.75) is 57.9 Å². The van der Waals surface area contributed by atoms with Crippen molar-refractivity contribution in [2.24, 2.45) is 5.92 Å². The second kappa shape index (κ2) is 8.02. The molecule has 0 bridgehead atoms. The maximum Gasteiger partial charge on any atom is 0.317 e. The largest absolute Gasteiger partial charge is 0.481 e. The number of nitrogens with one attached hydrogen (secondary N) is 1. The Morgan fingerprint density at radius 1 is 1.21 bits per heavy atom. The first-order valence-corrected chi connectivity index (χ1v) is 7.29. The summed E-state index contributed by atoms with van der Waals surface area (Å²) in [6, 6.07) is 0.103. The van der Waals surface area contributed by atoms with E-state index in [4.69, 9.17) is 5.11 Å². The number of hydrogen-bond acceptors (Lipinski definition) is 2. The van der Waals surface area contributed by atoms with E-state index in [0.717, 1.165) is 38.6 Å². The molecule has 0 aromatic heterocycles. The summed E-state index contributed by atoms with van der Waals surface area (Å²) >= 11 is 0. The number of urea groups is 1. The van der Waals surface area contributed by atoms with Gasteiger partial charge in [-0.1, -0.05) is 19.8 Å². The molecule has 2 amide bonds. The summed E-state index contributed by atoms with van der Waals surface area (Å²) in [5.74, 6) is -0.933. The molecule has 1 saturated carbocycles. The number of unbranched alkanes of at least 4 members (excludes halogenated alkanes) is 2. The first-order chi connectivity index (χ1) is 9.04. The van der Waals surface area contributed by atoms with E-state index in [1.165, 1.54) is 0 Å². The SMILES string of the molecule is CCCCCN(C)C(=O)NC1CCC(C(=O)O)CC1. The second-order valence-corrected chi connectivity index (χ2v) is 5.46. The van der Waals surface area contributed by atoms with Gasteiger partial charge in [-0.05, 0) is 32.1 Å². The lowest BCUT2D eigenvalue weighted by atomic mass is 9.86. The fourth-order valence-electron chi connectivity index (χ4n) is 2.47. The number of carbonyl (C=O) groups is 2. The van der Waals surface area contributed by atoms with Crippen LogP contribution in [0.5, 0.6) is 0 Å². The van der Waals surface area contributed by atoms with Crippen molar-refractivity contribution >= 4 is 12.0 Å². The molecule has 0 unspecified atom stereocenters. The van der Waals surface area contributed by atoms with Crippen LogP contribution in [0.3, 0.4) is 0 Å². The van der Waals surface area contributed by atoms with E-state index in [1.54, 1.807) is 4.90 Å².